The second kappa shape index (κ2) is 4.97. The first-order valence-corrected chi connectivity index (χ1v) is 6.41. The van der Waals surface area contributed by atoms with E-state index in [9.17, 15) is 9.59 Å². The lowest BCUT2D eigenvalue weighted by atomic mass is 10.1. The summed E-state index contributed by atoms with van der Waals surface area (Å²) < 4.78 is 10.5. The number of hydrogen-bond acceptors (Lipinski definition) is 4. The smallest absolute Gasteiger partial charge is 0.371 e. The van der Waals surface area contributed by atoms with E-state index in [1.165, 1.54) is 6.07 Å². The summed E-state index contributed by atoms with van der Waals surface area (Å²) in [6, 6.07) is 8.68. The lowest BCUT2D eigenvalue weighted by Gasteiger charge is -2.29. The minimum atomic E-state index is -1.13. The molecule has 0 fully saturated rings. The zero-order valence-electron chi connectivity index (χ0n) is 11.3. The van der Waals surface area contributed by atoms with Gasteiger partial charge in [0, 0.05) is 5.56 Å². The number of para-hydroxylation sites is 2. The second-order valence-electron chi connectivity index (χ2n) is 4.73. The number of carbonyl (C=O) groups is 2. The Kier molecular flexibility index (Phi) is 3.13. The van der Waals surface area contributed by atoms with Gasteiger partial charge in [-0.2, -0.15) is 0 Å². The monoisotopic (exact) mass is 287 g/mol. The Labute approximate surface area is 120 Å². The second-order valence-corrected chi connectivity index (χ2v) is 4.73. The van der Waals surface area contributed by atoms with Gasteiger partial charge in [-0.3, -0.25) is 4.79 Å². The van der Waals surface area contributed by atoms with Crippen molar-refractivity contribution in [1.82, 2.24) is 0 Å². The molecule has 0 saturated heterocycles. The van der Waals surface area contributed by atoms with Gasteiger partial charge in [-0.25, -0.2) is 4.79 Å². The number of rotatable bonds is 3. The fourth-order valence-corrected chi connectivity index (χ4v) is 2.28. The highest BCUT2D eigenvalue weighted by molar-refractivity contribution is 5.97. The molecule has 0 bridgehead atoms. The van der Waals surface area contributed by atoms with Crippen molar-refractivity contribution in [2.75, 3.05) is 11.5 Å². The zero-order valence-corrected chi connectivity index (χ0v) is 11.3. The van der Waals surface area contributed by atoms with E-state index in [0.717, 1.165) is 0 Å². The summed E-state index contributed by atoms with van der Waals surface area (Å²) in [4.78, 5) is 24.6. The minimum Gasteiger partial charge on any atom is -0.482 e. The van der Waals surface area contributed by atoms with Crippen molar-refractivity contribution in [2.45, 2.75) is 13.5 Å². The summed E-state index contributed by atoms with van der Waals surface area (Å²) in [5.41, 5.74) is 1.34. The van der Waals surface area contributed by atoms with Crippen molar-refractivity contribution in [1.29, 1.82) is 0 Å². The standard InChI is InChI=1S/C15H13NO5/c1-9-10(6-13(21-9)15(18)19)7-16-11-4-2-3-5-12(11)20-8-14(16)17/h2-6H,7-8H2,1H3,(H,18,19). The lowest BCUT2D eigenvalue weighted by molar-refractivity contribution is -0.121. The number of nitrogens with zero attached hydrogens (tertiary/aromatic N) is 1. The van der Waals surface area contributed by atoms with Crippen LogP contribution in [0.5, 0.6) is 5.75 Å². The number of furan rings is 1. The van der Waals surface area contributed by atoms with E-state index in [1.54, 1.807) is 24.0 Å². The Morgan fingerprint density at radius 3 is 2.86 bits per heavy atom. The van der Waals surface area contributed by atoms with Gasteiger partial charge in [0.2, 0.25) is 5.76 Å². The van der Waals surface area contributed by atoms with E-state index in [-0.39, 0.29) is 24.8 Å². The van der Waals surface area contributed by atoms with Crippen LogP contribution < -0.4 is 9.64 Å². The van der Waals surface area contributed by atoms with Crippen molar-refractivity contribution >= 4 is 17.6 Å². The molecular formula is C15H13NO5. The predicted octanol–water partition coefficient (Wildman–Crippen LogP) is 2.21. The van der Waals surface area contributed by atoms with E-state index in [0.29, 0.717) is 22.8 Å². The van der Waals surface area contributed by atoms with Gasteiger partial charge < -0.3 is 19.2 Å². The van der Waals surface area contributed by atoms with Gasteiger partial charge >= 0.3 is 5.97 Å². The fourth-order valence-electron chi connectivity index (χ4n) is 2.28. The van der Waals surface area contributed by atoms with Crippen molar-refractivity contribution in [3.63, 3.8) is 0 Å². The predicted molar refractivity (Wildman–Crippen MR) is 73.5 cm³/mol. The number of ether oxygens (including phenoxy) is 1. The first-order chi connectivity index (χ1) is 10.1. The number of hydrogen-bond donors (Lipinski definition) is 1. The Morgan fingerprint density at radius 2 is 2.14 bits per heavy atom. The zero-order chi connectivity index (χ0) is 15.0. The first kappa shape index (κ1) is 13.2. The summed E-state index contributed by atoms with van der Waals surface area (Å²) >= 11 is 0. The molecule has 2 heterocycles. The topological polar surface area (TPSA) is 80.0 Å². The number of carboxylic acid groups (broad SMARTS) is 1. The summed E-state index contributed by atoms with van der Waals surface area (Å²) in [6.07, 6.45) is 0. The maximum absolute atomic E-state index is 12.1. The van der Waals surface area contributed by atoms with Gasteiger partial charge in [0.25, 0.3) is 5.91 Å². The number of carbonyl (C=O) groups excluding carboxylic acids is 1. The van der Waals surface area contributed by atoms with Crippen molar-refractivity contribution in [2.24, 2.45) is 0 Å². The number of amides is 1. The quantitative estimate of drug-likeness (QED) is 0.936. The van der Waals surface area contributed by atoms with Crippen molar-refractivity contribution in [3.05, 3.63) is 47.4 Å². The highest BCUT2D eigenvalue weighted by Gasteiger charge is 2.26. The van der Waals surface area contributed by atoms with Crippen molar-refractivity contribution < 1.29 is 23.8 Å². The maximum atomic E-state index is 12.1. The van der Waals surface area contributed by atoms with E-state index in [4.69, 9.17) is 14.3 Å². The van der Waals surface area contributed by atoms with Crippen LogP contribution in [0.3, 0.4) is 0 Å². The van der Waals surface area contributed by atoms with Gasteiger partial charge in [-0.1, -0.05) is 12.1 Å². The molecule has 6 heteroatoms. The average Bonchev–Trinajstić information content (AvgIpc) is 2.84. The van der Waals surface area contributed by atoms with Crippen molar-refractivity contribution in [3.8, 4) is 5.75 Å². The summed E-state index contributed by atoms with van der Waals surface area (Å²) in [5.74, 6) is -0.304. The molecule has 1 aromatic carbocycles. The molecule has 108 valence electrons. The molecule has 21 heavy (non-hydrogen) atoms. The molecule has 1 aliphatic rings. The summed E-state index contributed by atoms with van der Waals surface area (Å²) in [5, 5.41) is 8.94. The third-order valence-corrected chi connectivity index (χ3v) is 3.37. The van der Waals surface area contributed by atoms with E-state index < -0.39 is 5.97 Å². The van der Waals surface area contributed by atoms with E-state index >= 15 is 0 Å². The number of benzene rings is 1. The Hall–Kier alpha value is -2.76. The number of aryl methyl sites for hydroxylation is 1. The molecule has 6 nitrogen and oxygen atoms in total. The third-order valence-electron chi connectivity index (χ3n) is 3.37. The molecule has 2 aromatic rings. The fraction of sp³-hybridized carbons (Fsp3) is 0.200. The number of aromatic carboxylic acids is 1. The van der Waals surface area contributed by atoms with Crippen LogP contribution in [-0.2, 0) is 11.3 Å². The van der Waals surface area contributed by atoms with Crippen LogP contribution in [0.15, 0.2) is 34.7 Å². The molecule has 1 N–H and O–H groups in total. The van der Waals surface area contributed by atoms with Gasteiger partial charge in [0.15, 0.2) is 6.61 Å². The molecule has 0 saturated carbocycles. The average molecular weight is 287 g/mol. The summed E-state index contributed by atoms with van der Waals surface area (Å²) in [7, 11) is 0. The molecule has 0 atom stereocenters. The number of fused-ring (bicyclic) bond motifs is 1. The van der Waals surface area contributed by atoms with Crippen LogP contribution >= 0.6 is 0 Å². The van der Waals surface area contributed by atoms with Gasteiger partial charge in [-0.15, -0.1) is 0 Å². The number of anilines is 1. The molecular weight excluding hydrogens is 274 g/mol. The Bertz CT molecular complexity index is 719. The Morgan fingerprint density at radius 1 is 1.38 bits per heavy atom. The largest absolute Gasteiger partial charge is 0.482 e. The van der Waals surface area contributed by atoms with Gasteiger partial charge in [-0.05, 0) is 25.1 Å². The van der Waals surface area contributed by atoms with Crippen LogP contribution in [0.1, 0.15) is 21.9 Å². The highest BCUT2D eigenvalue weighted by atomic mass is 16.5. The SMILES string of the molecule is Cc1oc(C(=O)O)cc1CN1C(=O)COc2ccccc21. The van der Waals surface area contributed by atoms with Crippen LogP contribution in [0.2, 0.25) is 0 Å². The van der Waals surface area contributed by atoms with Gasteiger partial charge in [0.05, 0.1) is 12.2 Å². The third kappa shape index (κ3) is 2.35. The molecule has 0 aliphatic carbocycles. The molecule has 0 unspecified atom stereocenters. The van der Waals surface area contributed by atoms with E-state index in [1.807, 2.05) is 12.1 Å². The lowest BCUT2D eigenvalue weighted by Crippen LogP contribution is -2.38. The minimum absolute atomic E-state index is 0.0281. The van der Waals surface area contributed by atoms with Gasteiger partial charge in [0.1, 0.15) is 11.5 Å². The molecule has 1 amide bonds. The Balaban J connectivity index is 1.94. The molecule has 3 rings (SSSR count). The van der Waals surface area contributed by atoms with Crippen LogP contribution in [0, 0.1) is 6.92 Å². The van der Waals surface area contributed by atoms with Crippen LogP contribution in [0.25, 0.3) is 0 Å². The summed E-state index contributed by atoms with van der Waals surface area (Å²) in [6.45, 7) is 1.90. The van der Waals surface area contributed by atoms with Crippen LogP contribution in [0.4, 0.5) is 5.69 Å². The molecule has 1 aromatic heterocycles. The molecule has 0 spiro atoms. The maximum Gasteiger partial charge on any atom is 0.371 e. The normalized spacial score (nSPS) is 13.8. The van der Waals surface area contributed by atoms with Crippen LogP contribution in [-0.4, -0.2) is 23.6 Å². The number of carboxylic acids is 1. The first-order valence-electron chi connectivity index (χ1n) is 6.41. The molecule has 1 aliphatic heterocycles. The van der Waals surface area contributed by atoms with E-state index in [2.05, 4.69) is 0 Å². The highest BCUT2D eigenvalue weighted by Crippen LogP contribution is 2.33. The molecule has 0 radical (unpaired) electrons.